The number of benzene rings is 1. The summed E-state index contributed by atoms with van der Waals surface area (Å²) in [5.74, 6) is -0.502. The number of carbonyl (C=O) groups is 2. The molecule has 0 saturated heterocycles. The van der Waals surface area contributed by atoms with Gasteiger partial charge in [0.25, 0.3) is 5.91 Å². The van der Waals surface area contributed by atoms with Gasteiger partial charge in [-0.1, -0.05) is 0 Å². The lowest BCUT2D eigenvalue weighted by Crippen LogP contribution is -2.38. The summed E-state index contributed by atoms with van der Waals surface area (Å²) in [4.78, 5) is 25.6. The summed E-state index contributed by atoms with van der Waals surface area (Å²) in [7, 11) is 1.48. The highest BCUT2D eigenvalue weighted by molar-refractivity contribution is 5.98. The predicted molar refractivity (Wildman–Crippen MR) is 75.4 cm³/mol. The van der Waals surface area contributed by atoms with Crippen LogP contribution in [0.1, 0.15) is 30.1 Å². The highest BCUT2D eigenvalue weighted by Gasteiger charge is 2.35. The van der Waals surface area contributed by atoms with E-state index >= 15 is 0 Å². The zero-order valence-corrected chi connectivity index (χ0v) is 12.2. The quantitative estimate of drug-likeness (QED) is 0.806. The molecule has 2 rings (SSSR count). The van der Waals surface area contributed by atoms with Crippen LogP contribution in [0.4, 0.5) is 0 Å². The minimum atomic E-state index is -0.439. The molecule has 1 aliphatic carbocycles. The molecule has 1 amide bonds. The first kappa shape index (κ1) is 15.2. The van der Waals surface area contributed by atoms with Crippen molar-refractivity contribution in [3.05, 3.63) is 23.8 Å². The first-order valence-corrected chi connectivity index (χ1v) is 6.90. The maximum atomic E-state index is 12.5. The van der Waals surface area contributed by atoms with E-state index in [1.54, 1.807) is 13.0 Å². The highest BCUT2D eigenvalue weighted by Crippen LogP contribution is 2.31. The first-order chi connectivity index (χ1) is 10.1. The zero-order valence-electron chi connectivity index (χ0n) is 12.2. The van der Waals surface area contributed by atoms with E-state index in [4.69, 9.17) is 9.47 Å². The number of phenols is 1. The zero-order chi connectivity index (χ0) is 15.4. The number of aromatic hydroxyl groups is 1. The Bertz CT molecular complexity index is 539. The molecule has 0 aromatic heterocycles. The Morgan fingerprint density at radius 1 is 1.38 bits per heavy atom. The van der Waals surface area contributed by atoms with Crippen LogP contribution in [0.3, 0.4) is 0 Å². The van der Waals surface area contributed by atoms with Crippen LogP contribution in [0.2, 0.25) is 0 Å². The number of carbonyl (C=O) groups excluding carboxylic acids is 2. The average molecular weight is 293 g/mol. The number of hydrogen-bond donors (Lipinski definition) is 1. The SMILES string of the molecule is CCOC(=O)CN(C(=O)c1ccc(OC)cc1O)C1CC1. The van der Waals surface area contributed by atoms with Gasteiger partial charge in [-0.25, -0.2) is 0 Å². The van der Waals surface area contributed by atoms with Crippen LogP contribution >= 0.6 is 0 Å². The molecule has 1 aliphatic rings. The third-order valence-electron chi connectivity index (χ3n) is 3.29. The molecule has 0 spiro atoms. The molecule has 6 heteroatoms. The van der Waals surface area contributed by atoms with E-state index in [2.05, 4.69) is 0 Å². The van der Waals surface area contributed by atoms with Crippen LogP contribution in [0.5, 0.6) is 11.5 Å². The molecule has 1 aromatic carbocycles. The van der Waals surface area contributed by atoms with Gasteiger partial charge in [0.05, 0.1) is 19.3 Å². The van der Waals surface area contributed by atoms with E-state index < -0.39 is 5.97 Å². The van der Waals surface area contributed by atoms with Crippen LogP contribution in [0, 0.1) is 0 Å². The van der Waals surface area contributed by atoms with Crippen LogP contribution in [-0.4, -0.2) is 48.2 Å². The second-order valence-corrected chi connectivity index (χ2v) is 4.85. The van der Waals surface area contributed by atoms with Crippen molar-refractivity contribution in [2.24, 2.45) is 0 Å². The number of phenolic OH excluding ortho intramolecular Hbond substituents is 1. The number of rotatable bonds is 6. The monoisotopic (exact) mass is 293 g/mol. The second-order valence-electron chi connectivity index (χ2n) is 4.85. The van der Waals surface area contributed by atoms with Gasteiger partial charge in [0, 0.05) is 12.1 Å². The smallest absolute Gasteiger partial charge is 0.325 e. The minimum absolute atomic E-state index is 0.0448. The summed E-state index contributed by atoms with van der Waals surface area (Å²) < 4.78 is 9.88. The molecule has 0 aliphatic heterocycles. The summed E-state index contributed by atoms with van der Waals surface area (Å²) in [6.07, 6.45) is 1.73. The molecule has 0 radical (unpaired) electrons. The Hall–Kier alpha value is -2.24. The van der Waals surface area contributed by atoms with Crippen LogP contribution in [0.15, 0.2) is 18.2 Å². The Morgan fingerprint density at radius 3 is 2.62 bits per heavy atom. The van der Waals surface area contributed by atoms with Gasteiger partial charge < -0.3 is 19.5 Å². The third-order valence-corrected chi connectivity index (χ3v) is 3.29. The van der Waals surface area contributed by atoms with Crippen molar-refractivity contribution in [3.8, 4) is 11.5 Å². The predicted octanol–water partition coefficient (Wildman–Crippen LogP) is 1.57. The van der Waals surface area contributed by atoms with Crippen LogP contribution in [0.25, 0.3) is 0 Å². The fourth-order valence-electron chi connectivity index (χ4n) is 2.07. The van der Waals surface area contributed by atoms with Gasteiger partial charge in [-0.3, -0.25) is 9.59 Å². The van der Waals surface area contributed by atoms with Gasteiger partial charge in [-0.15, -0.1) is 0 Å². The highest BCUT2D eigenvalue weighted by atomic mass is 16.5. The summed E-state index contributed by atoms with van der Waals surface area (Å²) in [6.45, 7) is 1.90. The van der Waals surface area contributed by atoms with E-state index in [9.17, 15) is 14.7 Å². The Kier molecular flexibility index (Phi) is 4.67. The molecule has 0 atom stereocenters. The Labute approximate surface area is 123 Å². The normalized spacial score (nSPS) is 13.6. The standard InChI is InChI=1S/C15H19NO5/c1-3-21-14(18)9-16(10-4-5-10)15(19)12-7-6-11(20-2)8-13(12)17/h6-8,10,17H,3-5,9H2,1-2H3. The molecular formula is C15H19NO5. The van der Waals surface area contributed by atoms with Gasteiger partial charge in [-0.2, -0.15) is 0 Å². The van der Waals surface area contributed by atoms with Gasteiger partial charge >= 0.3 is 5.97 Å². The summed E-state index contributed by atoms with van der Waals surface area (Å²) in [5, 5.41) is 9.94. The molecule has 114 valence electrons. The van der Waals surface area contributed by atoms with Crippen molar-refractivity contribution >= 4 is 11.9 Å². The largest absolute Gasteiger partial charge is 0.507 e. The van der Waals surface area contributed by atoms with E-state index in [1.807, 2.05) is 0 Å². The number of ether oxygens (including phenoxy) is 2. The van der Waals surface area contributed by atoms with Gasteiger partial charge in [0.15, 0.2) is 0 Å². The van der Waals surface area contributed by atoms with E-state index in [0.29, 0.717) is 5.75 Å². The van der Waals surface area contributed by atoms with Crippen molar-refractivity contribution < 1.29 is 24.2 Å². The van der Waals surface area contributed by atoms with Gasteiger partial charge in [-0.05, 0) is 31.9 Å². The Balaban J connectivity index is 2.16. The molecular weight excluding hydrogens is 274 g/mol. The third kappa shape index (κ3) is 3.65. The lowest BCUT2D eigenvalue weighted by Gasteiger charge is -2.22. The van der Waals surface area contributed by atoms with E-state index in [-0.39, 0.29) is 36.4 Å². The Morgan fingerprint density at radius 2 is 2.10 bits per heavy atom. The van der Waals surface area contributed by atoms with Gasteiger partial charge in [0.1, 0.15) is 18.0 Å². The second kappa shape index (κ2) is 6.47. The molecule has 1 fully saturated rings. The maximum Gasteiger partial charge on any atom is 0.325 e. The van der Waals surface area contributed by atoms with Crippen LogP contribution in [-0.2, 0) is 9.53 Å². The fraction of sp³-hybridized carbons (Fsp3) is 0.467. The number of nitrogens with zero attached hydrogens (tertiary/aromatic N) is 1. The lowest BCUT2D eigenvalue weighted by molar-refractivity contribution is -0.144. The number of amides is 1. The molecule has 6 nitrogen and oxygen atoms in total. The number of esters is 1. The summed E-state index contributed by atoms with van der Waals surface area (Å²) >= 11 is 0. The van der Waals surface area contributed by atoms with Crippen molar-refractivity contribution in [2.75, 3.05) is 20.3 Å². The number of hydrogen-bond acceptors (Lipinski definition) is 5. The molecule has 21 heavy (non-hydrogen) atoms. The lowest BCUT2D eigenvalue weighted by atomic mass is 10.1. The summed E-state index contributed by atoms with van der Waals surface area (Å²) in [5.41, 5.74) is 0.159. The fourth-order valence-corrected chi connectivity index (χ4v) is 2.07. The molecule has 0 bridgehead atoms. The molecule has 1 aromatic rings. The molecule has 0 unspecified atom stereocenters. The minimum Gasteiger partial charge on any atom is -0.507 e. The first-order valence-electron chi connectivity index (χ1n) is 6.90. The van der Waals surface area contributed by atoms with Gasteiger partial charge in [0.2, 0.25) is 0 Å². The van der Waals surface area contributed by atoms with E-state index in [0.717, 1.165) is 12.8 Å². The van der Waals surface area contributed by atoms with Crippen LogP contribution < -0.4 is 4.74 Å². The molecule has 0 heterocycles. The van der Waals surface area contributed by atoms with Crippen molar-refractivity contribution in [1.29, 1.82) is 0 Å². The summed E-state index contributed by atoms with van der Waals surface area (Å²) in [6, 6.07) is 4.52. The molecule has 1 saturated carbocycles. The molecule has 1 N–H and O–H groups in total. The van der Waals surface area contributed by atoms with Crippen molar-refractivity contribution in [1.82, 2.24) is 4.90 Å². The van der Waals surface area contributed by atoms with Crippen molar-refractivity contribution in [3.63, 3.8) is 0 Å². The topological polar surface area (TPSA) is 76.1 Å². The van der Waals surface area contributed by atoms with E-state index in [1.165, 1.54) is 24.1 Å². The maximum absolute atomic E-state index is 12.5. The van der Waals surface area contributed by atoms with Crippen molar-refractivity contribution in [2.45, 2.75) is 25.8 Å². The average Bonchev–Trinajstić information content (AvgIpc) is 3.28. The number of methoxy groups -OCH3 is 1.